The van der Waals surface area contributed by atoms with E-state index in [1.54, 1.807) is 18.2 Å². The van der Waals surface area contributed by atoms with Crippen molar-refractivity contribution in [1.29, 1.82) is 0 Å². The fourth-order valence-corrected chi connectivity index (χ4v) is 4.65. The van der Waals surface area contributed by atoms with Gasteiger partial charge < -0.3 is 10.2 Å². The third-order valence-corrected chi connectivity index (χ3v) is 6.92. The second-order valence-corrected chi connectivity index (χ2v) is 11.2. The van der Waals surface area contributed by atoms with Crippen LogP contribution in [0.2, 0.25) is 0 Å². The minimum atomic E-state index is -3.86. The summed E-state index contributed by atoms with van der Waals surface area (Å²) >= 11 is 0. The molecule has 0 heterocycles. The number of Topliss-reactive ketones (excluding diaryl/α,β-unsaturated/α-hetero) is 1. The molecule has 2 rings (SSSR count). The number of sulfonamides is 1. The van der Waals surface area contributed by atoms with Gasteiger partial charge >= 0.3 is 0 Å². The van der Waals surface area contributed by atoms with Crippen molar-refractivity contribution in [3.63, 3.8) is 0 Å². The summed E-state index contributed by atoms with van der Waals surface area (Å²) in [7, 11) is -3.86. The SMILES string of the molecule is CC[C@H](C(=O)NCC(C)C)N(CCc1ccccc1)C(=O)CN(c1cccc(C(C)=O)c1)S(C)(=O)=O. The van der Waals surface area contributed by atoms with Crippen molar-refractivity contribution in [2.24, 2.45) is 5.92 Å². The van der Waals surface area contributed by atoms with Gasteiger partial charge in [0.05, 0.1) is 11.9 Å². The van der Waals surface area contributed by atoms with Crippen LogP contribution in [-0.4, -0.2) is 62.8 Å². The van der Waals surface area contributed by atoms with E-state index in [-0.39, 0.29) is 29.8 Å². The van der Waals surface area contributed by atoms with Crippen LogP contribution in [0.4, 0.5) is 5.69 Å². The van der Waals surface area contributed by atoms with Gasteiger partial charge in [-0.1, -0.05) is 63.2 Å². The highest BCUT2D eigenvalue weighted by Gasteiger charge is 2.31. The number of anilines is 1. The summed E-state index contributed by atoms with van der Waals surface area (Å²) in [5.41, 5.74) is 1.56. The van der Waals surface area contributed by atoms with Crippen LogP contribution >= 0.6 is 0 Å². The smallest absolute Gasteiger partial charge is 0.244 e. The first-order chi connectivity index (χ1) is 16.9. The zero-order chi connectivity index (χ0) is 26.9. The van der Waals surface area contributed by atoms with Crippen molar-refractivity contribution in [3.8, 4) is 0 Å². The Labute approximate surface area is 214 Å². The Kier molecular flexibility index (Phi) is 10.6. The van der Waals surface area contributed by atoms with Gasteiger partial charge in [-0.3, -0.25) is 18.7 Å². The molecule has 1 atom stereocenters. The van der Waals surface area contributed by atoms with Gasteiger partial charge in [0.25, 0.3) is 0 Å². The molecular weight excluding hydrogens is 478 g/mol. The van der Waals surface area contributed by atoms with Gasteiger partial charge in [-0.25, -0.2) is 8.42 Å². The quantitative estimate of drug-likeness (QED) is 0.413. The highest BCUT2D eigenvalue weighted by Crippen LogP contribution is 2.21. The van der Waals surface area contributed by atoms with E-state index in [0.29, 0.717) is 24.9 Å². The number of carbonyl (C=O) groups excluding carboxylic acids is 3. The topological polar surface area (TPSA) is 104 Å². The number of hydrogen-bond donors (Lipinski definition) is 1. The highest BCUT2D eigenvalue weighted by atomic mass is 32.2. The van der Waals surface area contributed by atoms with Crippen LogP contribution in [0.5, 0.6) is 0 Å². The Hall–Kier alpha value is -3.20. The van der Waals surface area contributed by atoms with E-state index in [4.69, 9.17) is 0 Å². The fourth-order valence-electron chi connectivity index (χ4n) is 3.81. The Morgan fingerprint density at radius 3 is 2.22 bits per heavy atom. The predicted octanol–water partition coefficient (Wildman–Crippen LogP) is 3.28. The molecule has 0 fully saturated rings. The van der Waals surface area contributed by atoms with Gasteiger partial charge in [0.15, 0.2) is 5.78 Å². The van der Waals surface area contributed by atoms with Gasteiger partial charge in [0.2, 0.25) is 21.8 Å². The lowest BCUT2D eigenvalue weighted by molar-refractivity contribution is -0.139. The molecule has 0 aliphatic rings. The second-order valence-electron chi connectivity index (χ2n) is 9.26. The molecule has 196 valence electrons. The lowest BCUT2D eigenvalue weighted by Crippen LogP contribution is -2.53. The summed E-state index contributed by atoms with van der Waals surface area (Å²) in [6.07, 6.45) is 1.91. The number of hydrogen-bond acceptors (Lipinski definition) is 5. The molecule has 2 aromatic rings. The molecule has 0 bridgehead atoms. The Morgan fingerprint density at radius 2 is 1.67 bits per heavy atom. The second kappa shape index (κ2) is 13.2. The summed E-state index contributed by atoms with van der Waals surface area (Å²) in [6, 6.07) is 15.0. The molecule has 2 aromatic carbocycles. The van der Waals surface area contributed by atoms with Crippen LogP contribution < -0.4 is 9.62 Å². The molecule has 2 amide bonds. The van der Waals surface area contributed by atoms with E-state index in [2.05, 4.69) is 5.32 Å². The van der Waals surface area contributed by atoms with E-state index in [1.165, 1.54) is 17.9 Å². The molecule has 0 aliphatic carbocycles. The van der Waals surface area contributed by atoms with Gasteiger partial charge in [0, 0.05) is 18.7 Å². The first-order valence-electron chi connectivity index (χ1n) is 12.1. The summed E-state index contributed by atoms with van der Waals surface area (Å²) in [5.74, 6) is -0.726. The van der Waals surface area contributed by atoms with E-state index in [0.717, 1.165) is 16.1 Å². The molecule has 0 aromatic heterocycles. The van der Waals surface area contributed by atoms with Crippen molar-refractivity contribution in [3.05, 3.63) is 65.7 Å². The lowest BCUT2D eigenvalue weighted by Gasteiger charge is -2.33. The van der Waals surface area contributed by atoms with Crippen LogP contribution in [0, 0.1) is 5.92 Å². The molecular formula is C27H37N3O5S. The first-order valence-corrected chi connectivity index (χ1v) is 14.0. The predicted molar refractivity (Wildman–Crippen MR) is 142 cm³/mol. The maximum atomic E-state index is 13.6. The summed E-state index contributed by atoms with van der Waals surface area (Å²) < 4.78 is 26.4. The molecule has 0 saturated carbocycles. The summed E-state index contributed by atoms with van der Waals surface area (Å²) in [6.45, 7) is 7.43. The molecule has 1 N–H and O–H groups in total. The van der Waals surface area contributed by atoms with Crippen molar-refractivity contribution in [2.45, 2.75) is 46.6 Å². The molecule has 9 heteroatoms. The maximum absolute atomic E-state index is 13.6. The highest BCUT2D eigenvalue weighted by molar-refractivity contribution is 7.92. The summed E-state index contributed by atoms with van der Waals surface area (Å²) in [4.78, 5) is 40.0. The van der Waals surface area contributed by atoms with Crippen LogP contribution in [0.25, 0.3) is 0 Å². The van der Waals surface area contributed by atoms with Crippen LogP contribution in [0.1, 0.15) is 50.0 Å². The average molecular weight is 516 g/mol. The molecule has 8 nitrogen and oxygen atoms in total. The Balaban J connectivity index is 2.38. The van der Waals surface area contributed by atoms with Gasteiger partial charge in [-0.15, -0.1) is 0 Å². The minimum Gasteiger partial charge on any atom is -0.354 e. The number of nitrogens with one attached hydrogen (secondary N) is 1. The monoisotopic (exact) mass is 515 g/mol. The van der Waals surface area contributed by atoms with E-state index in [1.807, 2.05) is 51.1 Å². The van der Waals surface area contributed by atoms with Crippen LogP contribution in [-0.2, 0) is 26.0 Å². The van der Waals surface area contributed by atoms with Gasteiger partial charge in [-0.05, 0) is 43.4 Å². The number of benzene rings is 2. The van der Waals surface area contributed by atoms with Crippen molar-refractivity contribution in [1.82, 2.24) is 10.2 Å². The molecule has 0 aliphatic heterocycles. The average Bonchev–Trinajstić information content (AvgIpc) is 2.83. The van der Waals surface area contributed by atoms with Crippen LogP contribution in [0.3, 0.4) is 0 Å². The van der Waals surface area contributed by atoms with Crippen molar-refractivity contribution in [2.75, 3.05) is 30.2 Å². The number of carbonyl (C=O) groups is 3. The summed E-state index contributed by atoms with van der Waals surface area (Å²) in [5, 5.41) is 2.90. The Morgan fingerprint density at radius 1 is 1.00 bits per heavy atom. The van der Waals surface area contributed by atoms with Gasteiger partial charge in [0.1, 0.15) is 12.6 Å². The maximum Gasteiger partial charge on any atom is 0.244 e. The zero-order valence-electron chi connectivity index (χ0n) is 21.7. The number of amides is 2. The third kappa shape index (κ3) is 8.48. The zero-order valence-corrected chi connectivity index (χ0v) is 22.5. The Bertz CT molecular complexity index is 1150. The molecule has 0 unspecified atom stereocenters. The number of ketones is 1. The number of rotatable bonds is 13. The van der Waals surface area contributed by atoms with E-state index >= 15 is 0 Å². The molecule has 0 radical (unpaired) electrons. The molecule has 0 spiro atoms. The van der Waals surface area contributed by atoms with Crippen LogP contribution in [0.15, 0.2) is 54.6 Å². The molecule has 36 heavy (non-hydrogen) atoms. The lowest BCUT2D eigenvalue weighted by atomic mass is 10.1. The first kappa shape index (κ1) is 29.0. The third-order valence-electron chi connectivity index (χ3n) is 5.77. The largest absolute Gasteiger partial charge is 0.354 e. The normalized spacial score (nSPS) is 12.2. The van der Waals surface area contributed by atoms with E-state index < -0.39 is 28.5 Å². The fraction of sp³-hybridized carbons (Fsp3) is 0.444. The van der Waals surface area contributed by atoms with Gasteiger partial charge in [-0.2, -0.15) is 0 Å². The van der Waals surface area contributed by atoms with E-state index in [9.17, 15) is 22.8 Å². The molecule has 0 saturated heterocycles. The standard InChI is InChI=1S/C27H37N3O5S/c1-6-25(27(33)28-18-20(2)3)29(16-15-22-11-8-7-9-12-22)26(32)19-30(36(5,34)35)24-14-10-13-23(17-24)21(4)31/h7-14,17,20,25H,6,15-16,18-19H2,1-5H3,(H,28,33)/t25-/m1/s1. The van der Waals surface area contributed by atoms with Crippen molar-refractivity contribution < 1.29 is 22.8 Å². The van der Waals surface area contributed by atoms with Crippen molar-refractivity contribution >= 4 is 33.3 Å². The number of nitrogens with zero attached hydrogens (tertiary/aromatic N) is 2. The minimum absolute atomic E-state index is 0.214.